The van der Waals surface area contributed by atoms with Gasteiger partial charge in [-0.3, -0.25) is 14.6 Å². The molecule has 2 aromatic rings. The van der Waals surface area contributed by atoms with Crippen LogP contribution in [0.1, 0.15) is 36.1 Å². The molecule has 1 atom stereocenters. The van der Waals surface area contributed by atoms with Crippen molar-refractivity contribution in [3.63, 3.8) is 0 Å². The highest BCUT2D eigenvalue weighted by molar-refractivity contribution is 5.99. The quantitative estimate of drug-likeness (QED) is 0.901. The van der Waals surface area contributed by atoms with Crippen LogP contribution in [0.15, 0.2) is 30.6 Å². The molecule has 2 aliphatic rings. The molecule has 0 radical (unpaired) electrons. The molecule has 1 aromatic heterocycles. The van der Waals surface area contributed by atoms with E-state index in [4.69, 9.17) is 4.74 Å². The Morgan fingerprint density at radius 3 is 3.12 bits per heavy atom. The van der Waals surface area contributed by atoms with E-state index in [9.17, 15) is 9.59 Å². The molecule has 3 heterocycles. The molecule has 2 N–H and O–H groups in total. The van der Waals surface area contributed by atoms with Crippen molar-refractivity contribution < 1.29 is 14.3 Å². The number of amides is 2. The highest BCUT2D eigenvalue weighted by Gasteiger charge is 2.26. The van der Waals surface area contributed by atoms with Gasteiger partial charge in [-0.25, -0.2) is 0 Å². The maximum Gasteiger partial charge on any atom is 0.228 e. The van der Waals surface area contributed by atoms with Crippen LogP contribution in [-0.4, -0.2) is 23.4 Å². The topological polar surface area (TPSA) is 80.3 Å². The Hall–Kier alpha value is -2.73. The summed E-state index contributed by atoms with van der Waals surface area (Å²) in [7, 11) is 0. The molecule has 25 heavy (non-hydrogen) atoms. The second-order valence-electron chi connectivity index (χ2n) is 6.34. The van der Waals surface area contributed by atoms with Crippen LogP contribution in [-0.2, 0) is 27.4 Å². The Kier molecular flexibility index (Phi) is 3.97. The third-order valence-electron chi connectivity index (χ3n) is 4.69. The summed E-state index contributed by atoms with van der Waals surface area (Å²) in [5.74, 6) is 0.0139. The average molecular weight is 337 g/mol. The first kappa shape index (κ1) is 15.8. The molecule has 1 unspecified atom stereocenters. The number of carbonyl (C=O) groups is 2. The van der Waals surface area contributed by atoms with E-state index in [2.05, 4.69) is 15.6 Å². The van der Waals surface area contributed by atoms with Gasteiger partial charge in [-0.1, -0.05) is 13.0 Å². The molecule has 0 aliphatic carbocycles. The molecule has 0 fully saturated rings. The van der Waals surface area contributed by atoms with Gasteiger partial charge < -0.3 is 15.4 Å². The Morgan fingerprint density at radius 1 is 1.40 bits per heavy atom. The third kappa shape index (κ3) is 2.89. The van der Waals surface area contributed by atoms with Crippen molar-refractivity contribution in [2.24, 2.45) is 0 Å². The summed E-state index contributed by atoms with van der Waals surface area (Å²) in [6.45, 7) is 2.76. The minimum atomic E-state index is -0.179. The summed E-state index contributed by atoms with van der Waals surface area (Å²) in [5.41, 5.74) is 5.89. The number of carbonyl (C=O) groups excluding carboxylic acids is 2. The van der Waals surface area contributed by atoms with Crippen LogP contribution in [0.2, 0.25) is 0 Å². The standard InChI is InChI=1S/C19H19N3O3/c1-2-18(23)22-17-10-25-9-15-13(7-20-8-14(15)17)11-3-4-16-12(5-11)6-19(24)21-16/h3-5,7-8,17H,2,6,9-10H2,1H3,(H,21,24)(H,22,23). The SMILES string of the molecule is CCC(=O)NC1COCc2c(-c3ccc4c(c3)CC(=O)N4)cncc21. The van der Waals surface area contributed by atoms with Gasteiger partial charge >= 0.3 is 0 Å². The Labute approximate surface area is 145 Å². The predicted molar refractivity (Wildman–Crippen MR) is 92.8 cm³/mol. The second-order valence-corrected chi connectivity index (χ2v) is 6.34. The van der Waals surface area contributed by atoms with Crippen LogP contribution in [0.3, 0.4) is 0 Å². The van der Waals surface area contributed by atoms with Crippen molar-refractivity contribution in [1.82, 2.24) is 10.3 Å². The van der Waals surface area contributed by atoms with Crippen molar-refractivity contribution >= 4 is 17.5 Å². The van der Waals surface area contributed by atoms with Crippen molar-refractivity contribution in [3.8, 4) is 11.1 Å². The molecule has 0 saturated heterocycles. The number of fused-ring (bicyclic) bond motifs is 2. The summed E-state index contributed by atoms with van der Waals surface area (Å²) in [6, 6.07) is 5.75. The van der Waals surface area contributed by atoms with Crippen molar-refractivity contribution in [2.45, 2.75) is 32.4 Å². The van der Waals surface area contributed by atoms with Gasteiger partial charge in [-0.05, 0) is 28.8 Å². The van der Waals surface area contributed by atoms with E-state index in [1.54, 1.807) is 6.20 Å². The lowest BCUT2D eigenvalue weighted by molar-refractivity contribution is -0.122. The molecule has 0 bridgehead atoms. The Morgan fingerprint density at radius 2 is 2.28 bits per heavy atom. The summed E-state index contributed by atoms with van der Waals surface area (Å²) in [4.78, 5) is 27.7. The van der Waals surface area contributed by atoms with E-state index >= 15 is 0 Å². The monoisotopic (exact) mass is 337 g/mol. The van der Waals surface area contributed by atoms with E-state index in [1.165, 1.54) is 0 Å². The van der Waals surface area contributed by atoms with Crippen molar-refractivity contribution in [3.05, 3.63) is 47.3 Å². The van der Waals surface area contributed by atoms with Gasteiger partial charge in [-0.2, -0.15) is 0 Å². The Bertz CT molecular complexity index is 863. The minimum Gasteiger partial charge on any atom is -0.374 e. The fourth-order valence-electron chi connectivity index (χ4n) is 3.39. The molecule has 2 amide bonds. The first-order chi connectivity index (χ1) is 12.2. The molecule has 0 spiro atoms. The second kappa shape index (κ2) is 6.29. The smallest absolute Gasteiger partial charge is 0.228 e. The first-order valence-electron chi connectivity index (χ1n) is 8.42. The molecular formula is C19H19N3O3. The molecular weight excluding hydrogens is 318 g/mol. The molecule has 2 aliphatic heterocycles. The van der Waals surface area contributed by atoms with E-state index < -0.39 is 0 Å². The third-order valence-corrected chi connectivity index (χ3v) is 4.69. The molecule has 6 heteroatoms. The van der Waals surface area contributed by atoms with Crippen LogP contribution in [0.4, 0.5) is 5.69 Å². The Balaban J connectivity index is 1.73. The van der Waals surface area contributed by atoms with E-state index in [0.29, 0.717) is 26.1 Å². The lowest BCUT2D eigenvalue weighted by Gasteiger charge is -2.28. The van der Waals surface area contributed by atoms with Crippen LogP contribution < -0.4 is 10.6 Å². The fourth-order valence-corrected chi connectivity index (χ4v) is 3.39. The number of ether oxygens (including phenoxy) is 1. The van der Waals surface area contributed by atoms with E-state index in [-0.39, 0.29) is 17.9 Å². The summed E-state index contributed by atoms with van der Waals surface area (Å²) >= 11 is 0. The first-order valence-corrected chi connectivity index (χ1v) is 8.42. The number of benzene rings is 1. The highest BCUT2D eigenvalue weighted by Crippen LogP contribution is 2.35. The summed E-state index contributed by atoms with van der Waals surface area (Å²) < 4.78 is 5.72. The summed E-state index contributed by atoms with van der Waals surface area (Å²) in [5, 5.41) is 5.84. The van der Waals surface area contributed by atoms with Crippen LogP contribution >= 0.6 is 0 Å². The molecule has 128 valence electrons. The van der Waals surface area contributed by atoms with Crippen molar-refractivity contribution in [1.29, 1.82) is 0 Å². The number of rotatable bonds is 3. The number of hydrogen-bond donors (Lipinski definition) is 2. The number of nitrogens with one attached hydrogen (secondary N) is 2. The zero-order valence-corrected chi connectivity index (χ0v) is 14.0. The normalized spacial score (nSPS) is 18.3. The van der Waals surface area contributed by atoms with E-state index in [0.717, 1.165) is 33.5 Å². The zero-order chi connectivity index (χ0) is 17.4. The van der Waals surface area contributed by atoms with Gasteiger partial charge in [0.15, 0.2) is 0 Å². The maximum atomic E-state index is 11.8. The number of anilines is 1. The van der Waals surface area contributed by atoms with Gasteiger partial charge in [-0.15, -0.1) is 0 Å². The van der Waals surface area contributed by atoms with Gasteiger partial charge in [0.2, 0.25) is 11.8 Å². The van der Waals surface area contributed by atoms with Gasteiger partial charge in [0.05, 0.1) is 25.7 Å². The fraction of sp³-hybridized carbons (Fsp3) is 0.316. The highest BCUT2D eigenvalue weighted by atomic mass is 16.5. The van der Waals surface area contributed by atoms with Gasteiger partial charge in [0.1, 0.15) is 0 Å². The number of aromatic nitrogens is 1. The number of nitrogens with zero attached hydrogens (tertiary/aromatic N) is 1. The minimum absolute atomic E-state index is 0.00558. The maximum absolute atomic E-state index is 11.8. The lowest BCUT2D eigenvalue weighted by Crippen LogP contribution is -2.34. The number of pyridine rings is 1. The lowest BCUT2D eigenvalue weighted by atomic mass is 9.92. The number of hydrogen-bond acceptors (Lipinski definition) is 4. The molecule has 4 rings (SSSR count). The zero-order valence-electron chi connectivity index (χ0n) is 14.0. The van der Waals surface area contributed by atoms with Crippen LogP contribution in [0, 0.1) is 0 Å². The molecule has 6 nitrogen and oxygen atoms in total. The summed E-state index contributed by atoms with van der Waals surface area (Å²) in [6.07, 6.45) is 4.46. The van der Waals surface area contributed by atoms with Gasteiger partial charge in [0, 0.05) is 35.6 Å². The van der Waals surface area contributed by atoms with Crippen LogP contribution in [0.5, 0.6) is 0 Å². The molecule has 1 aromatic carbocycles. The predicted octanol–water partition coefficient (Wildman–Crippen LogP) is 2.34. The van der Waals surface area contributed by atoms with Crippen LogP contribution in [0.25, 0.3) is 11.1 Å². The van der Waals surface area contributed by atoms with Gasteiger partial charge in [0.25, 0.3) is 0 Å². The van der Waals surface area contributed by atoms with E-state index in [1.807, 2.05) is 31.3 Å². The average Bonchev–Trinajstić information content (AvgIpc) is 3.00. The largest absolute Gasteiger partial charge is 0.374 e. The molecule has 0 saturated carbocycles. The van der Waals surface area contributed by atoms with Crippen molar-refractivity contribution in [2.75, 3.05) is 11.9 Å².